The number of rotatable bonds is 7. The summed E-state index contributed by atoms with van der Waals surface area (Å²) in [5.74, 6) is -0.948. The highest BCUT2D eigenvalue weighted by Crippen LogP contribution is 2.56. The summed E-state index contributed by atoms with van der Waals surface area (Å²) in [5.41, 5.74) is 14.4. The van der Waals surface area contributed by atoms with Crippen molar-refractivity contribution in [1.82, 2.24) is 0 Å². The number of benzene rings is 7. The van der Waals surface area contributed by atoms with E-state index in [2.05, 4.69) is 169 Å². The second kappa shape index (κ2) is 13.1. The fourth-order valence-electron chi connectivity index (χ4n) is 7.24. The van der Waals surface area contributed by atoms with Crippen LogP contribution in [0, 0.1) is 0 Å². The zero-order valence-electron chi connectivity index (χ0n) is 27.6. The van der Waals surface area contributed by atoms with E-state index in [-0.39, 0.29) is 5.56 Å². The number of carbonyl (C=O) groups is 1. The van der Waals surface area contributed by atoms with Crippen molar-refractivity contribution in [2.45, 2.75) is 0 Å². The van der Waals surface area contributed by atoms with Crippen LogP contribution in [-0.4, -0.2) is 11.1 Å². The molecule has 238 valence electrons. The molecule has 50 heavy (non-hydrogen) atoms. The normalized spacial score (nSPS) is 11.1. The molecule has 0 aliphatic heterocycles. The van der Waals surface area contributed by atoms with E-state index in [9.17, 15) is 9.90 Å². The molecule has 0 saturated heterocycles. The van der Waals surface area contributed by atoms with Crippen LogP contribution in [0.1, 0.15) is 10.4 Å². The van der Waals surface area contributed by atoms with Gasteiger partial charge in [-0.2, -0.15) is 0 Å². The minimum absolute atomic E-state index is 0.251. The lowest BCUT2D eigenvalue weighted by atomic mass is 9.74. The summed E-state index contributed by atoms with van der Waals surface area (Å²) in [6.07, 6.45) is 2.14. The van der Waals surface area contributed by atoms with Crippen molar-refractivity contribution < 1.29 is 14.5 Å². The Kier molecular flexibility index (Phi) is 8.08. The van der Waals surface area contributed by atoms with Gasteiger partial charge in [0.2, 0.25) is 5.52 Å². The average Bonchev–Trinajstić information content (AvgIpc) is 3.18. The van der Waals surface area contributed by atoms with Crippen LogP contribution in [0.25, 0.3) is 77.7 Å². The molecule has 1 N–H and O–H groups in total. The van der Waals surface area contributed by atoms with Crippen LogP contribution in [0.5, 0.6) is 0 Å². The second-order valence-electron chi connectivity index (χ2n) is 12.5. The Morgan fingerprint density at radius 1 is 0.420 bits per heavy atom. The highest BCUT2D eigenvalue weighted by atomic mass is 16.4. The van der Waals surface area contributed by atoms with Gasteiger partial charge in [-0.25, -0.2) is 9.36 Å². The van der Waals surface area contributed by atoms with E-state index in [1.165, 1.54) is 0 Å². The summed E-state index contributed by atoms with van der Waals surface area (Å²) in [7, 11) is 2.08. The first kappa shape index (κ1) is 30.7. The largest absolute Gasteiger partial charge is 0.478 e. The van der Waals surface area contributed by atoms with Crippen molar-refractivity contribution in [2.24, 2.45) is 7.05 Å². The first-order valence-corrected chi connectivity index (χ1v) is 16.8. The van der Waals surface area contributed by atoms with Gasteiger partial charge in [0.05, 0.1) is 10.9 Å². The molecule has 3 heteroatoms. The number of carboxylic acids is 1. The maximum absolute atomic E-state index is 12.1. The Balaban J connectivity index is 1.71. The molecule has 8 rings (SSSR count). The predicted molar refractivity (Wildman–Crippen MR) is 205 cm³/mol. The standard InChI is InChI=1S/C47H33NO2/c1-48-31-30-39(38-24-14-15-25-40(38)48)46-44(35-22-12-5-13-23-35)42(33-18-8-3-9-19-33)41(32-16-6-2-7-17-32)43(34-20-10-4-11-21-34)45(46)36-26-28-37(29-27-36)47(49)50/h2-31H,1H3/p+1. The Hall–Kier alpha value is -6.58. The molecule has 0 aliphatic carbocycles. The Bertz CT molecular complexity index is 2470. The molecule has 8 aromatic rings. The van der Waals surface area contributed by atoms with E-state index in [1.54, 1.807) is 12.1 Å². The van der Waals surface area contributed by atoms with E-state index in [4.69, 9.17) is 0 Å². The molecule has 0 radical (unpaired) electrons. The van der Waals surface area contributed by atoms with Crippen molar-refractivity contribution >= 4 is 16.9 Å². The number of para-hydroxylation sites is 1. The van der Waals surface area contributed by atoms with Crippen molar-refractivity contribution in [2.75, 3.05) is 0 Å². The van der Waals surface area contributed by atoms with Crippen LogP contribution in [0.3, 0.4) is 0 Å². The van der Waals surface area contributed by atoms with Gasteiger partial charge >= 0.3 is 5.97 Å². The predicted octanol–water partition coefficient (Wildman–Crippen LogP) is 11.4. The number of carboxylic acid groups (broad SMARTS) is 1. The summed E-state index contributed by atoms with van der Waals surface area (Å²) in [5, 5.41) is 11.0. The van der Waals surface area contributed by atoms with E-state index < -0.39 is 5.97 Å². The Morgan fingerprint density at radius 3 is 1.20 bits per heavy atom. The summed E-state index contributed by atoms with van der Waals surface area (Å²) in [6, 6.07) is 60.7. The van der Waals surface area contributed by atoms with Crippen molar-refractivity contribution in [3.05, 3.63) is 188 Å². The van der Waals surface area contributed by atoms with Crippen LogP contribution >= 0.6 is 0 Å². The van der Waals surface area contributed by atoms with Gasteiger partial charge in [-0.3, -0.25) is 0 Å². The zero-order chi connectivity index (χ0) is 34.0. The fourth-order valence-corrected chi connectivity index (χ4v) is 7.24. The highest BCUT2D eigenvalue weighted by Gasteiger charge is 2.30. The van der Waals surface area contributed by atoms with E-state index in [0.29, 0.717) is 0 Å². The summed E-state index contributed by atoms with van der Waals surface area (Å²) >= 11 is 0. The molecule has 7 aromatic carbocycles. The van der Waals surface area contributed by atoms with Crippen molar-refractivity contribution in [3.8, 4) is 66.8 Å². The first-order chi connectivity index (χ1) is 24.6. The number of pyridine rings is 1. The number of aryl methyl sites for hydroxylation is 1. The molecule has 3 nitrogen and oxygen atoms in total. The third kappa shape index (κ3) is 5.45. The minimum atomic E-state index is -0.948. The molecule has 0 saturated carbocycles. The topological polar surface area (TPSA) is 41.2 Å². The maximum Gasteiger partial charge on any atom is 0.335 e. The maximum atomic E-state index is 12.1. The monoisotopic (exact) mass is 644 g/mol. The van der Waals surface area contributed by atoms with Gasteiger partial charge in [0.15, 0.2) is 6.20 Å². The van der Waals surface area contributed by atoms with Gasteiger partial charge < -0.3 is 5.11 Å². The molecule has 0 unspecified atom stereocenters. The van der Waals surface area contributed by atoms with Gasteiger partial charge in [-0.1, -0.05) is 146 Å². The summed E-state index contributed by atoms with van der Waals surface area (Å²) < 4.78 is 2.16. The SMILES string of the molecule is C[n+]1ccc(-c2c(-c3ccccc3)c(-c3ccccc3)c(-c3ccccc3)c(-c3ccccc3)c2-c2ccc(C(=O)O)cc2)c2ccccc21. The fraction of sp³-hybridized carbons (Fsp3) is 0.0213. The van der Waals surface area contributed by atoms with Gasteiger partial charge in [0, 0.05) is 17.7 Å². The summed E-state index contributed by atoms with van der Waals surface area (Å²) in [4.78, 5) is 12.1. The molecular formula is C47H34NO2+. The molecule has 0 bridgehead atoms. The second-order valence-corrected chi connectivity index (χ2v) is 12.5. The Labute approximate surface area is 292 Å². The van der Waals surface area contributed by atoms with Crippen molar-refractivity contribution in [1.29, 1.82) is 0 Å². The lowest BCUT2D eigenvalue weighted by molar-refractivity contribution is -0.644. The minimum Gasteiger partial charge on any atom is -0.478 e. The van der Waals surface area contributed by atoms with Gasteiger partial charge in [0.1, 0.15) is 7.05 Å². The average molecular weight is 645 g/mol. The van der Waals surface area contributed by atoms with Crippen LogP contribution in [0.4, 0.5) is 0 Å². The van der Waals surface area contributed by atoms with Crippen LogP contribution < -0.4 is 4.57 Å². The molecule has 1 aromatic heterocycles. The van der Waals surface area contributed by atoms with E-state index in [0.717, 1.165) is 77.7 Å². The molecule has 0 fully saturated rings. The third-order valence-electron chi connectivity index (χ3n) is 9.48. The number of nitrogens with zero attached hydrogens (tertiary/aromatic N) is 1. The van der Waals surface area contributed by atoms with E-state index in [1.807, 2.05) is 12.1 Å². The lowest BCUT2D eigenvalue weighted by Crippen LogP contribution is -2.28. The van der Waals surface area contributed by atoms with Crippen molar-refractivity contribution in [3.63, 3.8) is 0 Å². The van der Waals surface area contributed by atoms with Crippen LogP contribution in [0.15, 0.2) is 182 Å². The molecular weight excluding hydrogens is 611 g/mol. The quantitative estimate of drug-likeness (QED) is 0.175. The zero-order valence-corrected chi connectivity index (χ0v) is 27.6. The number of aromatic carboxylic acids is 1. The number of fused-ring (bicyclic) bond motifs is 1. The summed E-state index contributed by atoms with van der Waals surface area (Å²) in [6.45, 7) is 0. The van der Waals surface area contributed by atoms with Crippen LogP contribution in [-0.2, 0) is 7.05 Å². The molecule has 1 heterocycles. The molecule has 0 amide bonds. The van der Waals surface area contributed by atoms with Gasteiger partial charge in [-0.15, -0.1) is 0 Å². The smallest absolute Gasteiger partial charge is 0.335 e. The lowest BCUT2D eigenvalue weighted by Gasteiger charge is -2.29. The molecule has 0 spiro atoms. The first-order valence-electron chi connectivity index (χ1n) is 16.8. The number of aromatic nitrogens is 1. The van der Waals surface area contributed by atoms with E-state index >= 15 is 0 Å². The highest BCUT2D eigenvalue weighted by molar-refractivity contribution is 6.17. The number of hydrogen-bond donors (Lipinski definition) is 1. The Morgan fingerprint density at radius 2 is 0.780 bits per heavy atom. The van der Waals surface area contributed by atoms with Crippen LogP contribution in [0.2, 0.25) is 0 Å². The third-order valence-corrected chi connectivity index (χ3v) is 9.48. The molecule has 0 atom stereocenters. The van der Waals surface area contributed by atoms with Gasteiger partial charge in [-0.05, 0) is 79.4 Å². The van der Waals surface area contributed by atoms with Gasteiger partial charge in [0.25, 0.3) is 0 Å². The number of hydrogen-bond acceptors (Lipinski definition) is 1. The molecule has 0 aliphatic rings.